The molecule has 0 amide bonds. The lowest BCUT2D eigenvalue weighted by molar-refractivity contribution is 0.281. The topological polar surface area (TPSA) is 62.5 Å². The van der Waals surface area contributed by atoms with Gasteiger partial charge in [0.05, 0.1) is 11.2 Å². The molecule has 0 bridgehead atoms. The van der Waals surface area contributed by atoms with Crippen molar-refractivity contribution in [1.29, 1.82) is 0 Å². The van der Waals surface area contributed by atoms with Crippen molar-refractivity contribution >= 4 is 22.8 Å². The van der Waals surface area contributed by atoms with E-state index in [1.54, 1.807) is 11.3 Å². The molecule has 0 spiro atoms. The molecule has 3 aromatic rings. The van der Waals surface area contributed by atoms with Crippen LogP contribution in [0.5, 0.6) is 0 Å². The highest BCUT2D eigenvalue weighted by Gasteiger charge is 2.27. The van der Waals surface area contributed by atoms with Gasteiger partial charge in [0.15, 0.2) is 11.5 Å². The van der Waals surface area contributed by atoms with Crippen molar-refractivity contribution in [1.82, 2.24) is 29.7 Å². The van der Waals surface area contributed by atoms with Gasteiger partial charge in [-0.1, -0.05) is 20.8 Å². The van der Waals surface area contributed by atoms with Crippen molar-refractivity contribution in [3.05, 3.63) is 34.0 Å². The smallest absolute Gasteiger partial charge is 0.178 e. The molecule has 1 aliphatic heterocycles. The Bertz CT molecular complexity index is 955. The first-order valence-electron chi connectivity index (χ1n) is 9.86. The van der Waals surface area contributed by atoms with Crippen LogP contribution in [0.2, 0.25) is 0 Å². The van der Waals surface area contributed by atoms with Gasteiger partial charge in [-0.2, -0.15) is 4.52 Å². The Morgan fingerprint density at radius 1 is 1.25 bits per heavy atom. The molecule has 8 heteroatoms. The largest absolute Gasteiger partial charge is 0.355 e. The van der Waals surface area contributed by atoms with Crippen molar-refractivity contribution < 1.29 is 0 Å². The molecular formula is C20H29N7S. The summed E-state index contributed by atoms with van der Waals surface area (Å²) < 4.78 is 1.90. The van der Waals surface area contributed by atoms with Gasteiger partial charge in [-0.05, 0) is 38.4 Å². The molecule has 3 aromatic heterocycles. The zero-order chi connectivity index (χ0) is 19.9. The van der Waals surface area contributed by atoms with Gasteiger partial charge in [-0.15, -0.1) is 26.6 Å². The van der Waals surface area contributed by atoms with E-state index in [1.807, 2.05) is 16.1 Å². The molecule has 1 atom stereocenters. The Kier molecular flexibility index (Phi) is 5.09. The molecule has 4 heterocycles. The average molecular weight is 400 g/mol. The lowest BCUT2D eigenvalue weighted by Crippen LogP contribution is -2.28. The minimum atomic E-state index is -0.0872. The summed E-state index contributed by atoms with van der Waals surface area (Å²) in [5, 5.41) is 13.5. The first-order chi connectivity index (χ1) is 13.3. The summed E-state index contributed by atoms with van der Waals surface area (Å²) in [6, 6.07) is 4.10. The molecule has 150 valence electrons. The van der Waals surface area contributed by atoms with E-state index in [4.69, 9.17) is 5.10 Å². The summed E-state index contributed by atoms with van der Waals surface area (Å²) in [5.41, 5.74) is 3.82. The maximum Gasteiger partial charge on any atom is 0.178 e. The van der Waals surface area contributed by atoms with Gasteiger partial charge in [0.2, 0.25) is 0 Å². The molecule has 0 radical (unpaired) electrons. The third-order valence-electron chi connectivity index (χ3n) is 5.36. The summed E-state index contributed by atoms with van der Waals surface area (Å²) in [7, 11) is 2.21. The first-order valence-corrected chi connectivity index (χ1v) is 10.7. The zero-order valence-corrected chi connectivity index (χ0v) is 18.2. The second-order valence-corrected chi connectivity index (χ2v) is 9.83. The van der Waals surface area contributed by atoms with Crippen molar-refractivity contribution in [2.24, 2.45) is 5.92 Å². The second-order valence-electron chi connectivity index (χ2n) is 8.89. The molecule has 4 rings (SSSR count). The Hall–Kier alpha value is -2.06. The van der Waals surface area contributed by atoms with E-state index in [2.05, 4.69) is 65.8 Å². The summed E-state index contributed by atoms with van der Waals surface area (Å²) in [6.07, 6.45) is 1.19. The number of rotatable bonds is 5. The van der Waals surface area contributed by atoms with Crippen LogP contribution < -0.4 is 4.90 Å². The number of aromatic nitrogens is 5. The number of nitrogens with zero attached hydrogens (tertiary/aromatic N) is 7. The highest BCUT2D eigenvalue weighted by atomic mass is 32.1. The van der Waals surface area contributed by atoms with Crippen LogP contribution in [0.15, 0.2) is 17.6 Å². The molecule has 28 heavy (non-hydrogen) atoms. The van der Waals surface area contributed by atoms with Crippen LogP contribution in [0, 0.1) is 12.8 Å². The molecule has 0 aliphatic carbocycles. The van der Waals surface area contributed by atoms with Crippen molar-refractivity contribution in [2.75, 3.05) is 31.6 Å². The van der Waals surface area contributed by atoms with Crippen LogP contribution >= 0.6 is 11.3 Å². The predicted molar refractivity (Wildman–Crippen MR) is 113 cm³/mol. The van der Waals surface area contributed by atoms with Crippen LogP contribution in [0.1, 0.15) is 43.6 Å². The van der Waals surface area contributed by atoms with Gasteiger partial charge in [0.25, 0.3) is 0 Å². The van der Waals surface area contributed by atoms with Crippen molar-refractivity contribution in [2.45, 2.75) is 46.1 Å². The van der Waals surface area contributed by atoms with Gasteiger partial charge < -0.3 is 9.80 Å². The summed E-state index contributed by atoms with van der Waals surface area (Å²) >= 11 is 1.75. The summed E-state index contributed by atoms with van der Waals surface area (Å²) in [5.74, 6) is 2.57. The third kappa shape index (κ3) is 3.89. The monoisotopic (exact) mass is 399 g/mol. The van der Waals surface area contributed by atoms with Crippen molar-refractivity contribution in [3.63, 3.8) is 0 Å². The maximum atomic E-state index is 4.87. The molecule has 1 unspecified atom stereocenters. The number of aryl methyl sites for hydroxylation is 1. The summed E-state index contributed by atoms with van der Waals surface area (Å²) in [6.45, 7) is 12.7. The van der Waals surface area contributed by atoms with Crippen molar-refractivity contribution in [3.8, 4) is 0 Å². The van der Waals surface area contributed by atoms with E-state index >= 15 is 0 Å². The highest BCUT2D eigenvalue weighted by Crippen LogP contribution is 2.26. The fourth-order valence-electron chi connectivity index (χ4n) is 3.83. The molecule has 1 saturated heterocycles. The van der Waals surface area contributed by atoms with Gasteiger partial charge in [-0.3, -0.25) is 0 Å². The Morgan fingerprint density at radius 2 is 2.07 bits per heavy atom. The van der Waals surface area contributed by atoms with Crippen LogP contribution in [0.3, 0.4) is 0 Å². The predicted octanol–water partition coefficient (Wildman–Crippen LogP) is 3.15. The number of anilines is 1. The number of fused-ring (bicyclic) bond motifs is 1. The molecule has 1 fully saturated rings. The lowest BCUT2D eigenvalue weighted by atomic mass is 9.96. The Morgan fingerprint density at radius 3 is 2.79 bits per heavy atom. The molecule has 0 saturated carbocycles. The standard InChI is InChI=1S/C20H29N7S/c1-14-16(28-13-21-14)12-25(5)10-15-8-9-26(11-15)18-7-6-17-22-23-19(20(2,3)4)27(17)24-18/h6-7,13,15H,8-12H2,1-5H3. The molecule has 7 nitrogen and oxygen atoms in total. The lowest BCUT2D eigenvalue weighted by Gasteiger charge is -2.22. The molecule has 0 aromatic carbocycles. The molecule has 1 aliphatic rings. The number of hydrogen-bond donors (Lipinski definition) is 0. The zero-order valence-electron chi connectivity index (χ0n) is 17.4. The third-order valence-corrected chi connectivity index (χ3v) is 6.28. The maximum absolute atomic E-state index is 4.87. The van der Waals surface area contributed by atoms with E-state index in [1.165, 1.54) is 11.3 Å². The Labute approximate surface area is 170 Å². The average Bonchev–Trinajstić information content (AvgIpc) is 3.34. The van der Waals surface area contributed by atoms with E-state index in [0.29, 0.717) is 5.92 Å². The normalized spacial score (nSPS) is 17.9. The van der Waals surface area contributed by atoms with E-state index in [9.17, 15) is 0 Å². The molecule has 0 N–H and O–H groups in total. The van der Waals surface area contributed by atoms with Crippen LogP contribution in [0.25, 0.3) is 5.65 Å². The first kappa shape index (κ1) is 19.3. The van der Waals surface area contributed by atoms with Gasteiger partial charge in [0, 0.05) is 36.5 Å². The van der Waals surface area contributed by atoms with E-state index < -0.39 is 0 Å². The van der Waals surface area contributed by atoms with Crippen LogP contribution in [-0.4, -0.2) is 56.4 Å². The van der Waals surface area contributed by atoms with E-state index in [0.717, 1.165) is 49.2 Å². The highest BCUT2D eigenvalue weighted by molar-refractivity contribution is 7.09. The van der Waals surface area contributed by atoms with Gasteiger partial charge in [0.1, 0.15) is 5.82 Å². The van der Waals surface area contributed by atoms with Gasteiger partial charge >= 0.3 is 0 Å². The summed E-state index contributed by atoms with van der Waals surface area (Å²) in [4.78, 5) is 10.5. The fraction of sp³-hybridized carbons (Fsp3) is 0.600. The second kappa shape index (κ2) is 7.40. The minimum absolute atomic E-state index is 0.0872. The number of hydrogen-bond acceptors (Lipinski definition) is 7. The van der Waals surface area contributed by atoms with Gasteiger partial charge in [-0.25, -0.2) is 4.98 Å². The minimum Gasteiger partial charge on any atom is -0.355 e. The SMILES string of the molecule is Cc1ncsc1CN(C)CC1CCN(c2ccc3nnc(C(C)(C)C)n3n2)C1. The van der Waals surface area contributed by atoms with Crippen LogP contribution in [0.4, 0.5) is 5.82 Å². The molecular weight excluding hydrogens is 370 g/mol. The quantitative estimate of drug-likeness (QED) is 0.657. The van der Waals surface area contributed by atoms with Crippen LogP contribution in [-0.2, 0) is 12.0 Å². The fourth-order valence-corrected chi connectivity index (χ4v) is 4.69. The Balaban J connectivity index is 1.43. The number of thiazole rings is 1. The van der Waals surface area contributed by atoms with E-state index in [-0.39, 0.29) is 5.41 Å².